The normalized spacial score (nSPS) is 10.9. The van der Waals surface area contributed by atoms with Crippen molar-refractivity contribution in [3.8, 4) is 0 Å². The maximum atomic E-state index is 12.5. The van der Waals surface area contributed by atoms with E-state index in [1.54, 1.807) is 0 Å². The molecule has 4 nitrogen and oxygen atoms in total. The second-order valence-electron chi connectivity index (χ2n) is 6.95. The van der Waals surface area contributed by atoms with E-state index in [0.717, 1.165) is 40.7 Å². The van der Waals surface area contributed by atoms with Crippen molar-refractivity contribution in [3.05, 3.63) is 100 Å². The molecule has 1 amide bonds. The zero-order chi connectivity index (χ0) is 20.1. The van der Waals surface area contributed by atoms with Gasteiger partial charge in [-0.1, -0.05) is 64.5 Å². The molecule has 4 aromatic rings. The SMILES string of the molecule is O=C(NCc1nc2ccccc2n1CCCc1ccccc1)c1cccc(Br)c1. The summed E-state index contributed by atoms with van der Waals surface area (Å²) in [7, 11) is 0. The van der Waals surface area contributed by atoms with Crippen molar-refractivity contribution >= 4 is 32.9 Å². The molecule has 0 spiro atoms. The summed E-state index contributed by atoms with van der Waals surface area (Å²) in [6.45, 7) is 1.25. The van der Waals surface area contributed by atoms with Crippen LogP contribution in [0.3, 0.4) is 0 Å². The number of carbonyl (C=O) groups is 1. The highest BCUT2D eigenvalue weighted by atomic mass is 79.9. The summed E-state index contributed by atoms with van der Waals surface area (Å²) >= 11 is 3.41. The van der Waals surface area contributed by atoms with Gasteiger partial charge in [-0.25, -0.2) is 4.98 Å². The first kappa shape index (κ1) is 19.4. The second-order valence-corrected chi connectivity index (χ2v) is 7.87. The number of aryl methyl sites for hydroxylation is 2. The Morgan fingerprint density at radius 1 is 0.966 bits per heavy atom. The zero-order valence-electron chi connectivity index (χ0n) is 16.0. The van der Waals surface area contributed by atoms with E-state index < -0.39 is 0 Å². The number of hydrogen-bond acceptors (Lipinski definition) is 2. The Labute approximate surface area is 178 Å². The molecule has 0 unspecified atom stereocenters. The third kappa shape index (κ3) is 4.74. The van der Waals surface area contributed by atoms with Crippen molar-refractivity contribution in [2.24, 2.45) is 0 Å². The highest BCUT2D eigenvalue weighted by Gasteiger charge is 2.12. The molecular weight excluding hydrogens is 426 g/mol. The molecule has 146 valence electrons. The van der Waals surface area contributed by atoms with Crippen LogP contribution in [0.4, 0.5) is 0 Å². The van der Waals surface area contributed by atoms with Gasteiger partial charge in [0, 0.05) is 16.6 Å². The van der Waals surface area contributed by atoms with Crippen LogP contribution >= 0.6 is 15.9 Å². The van der Waals surface area contributed by atoms with Gasteiger partial charge in [0.1, 0.15) is 5.82 Å². The molecule has 0 saturated heterocycles. The maximum Gasteiger partial charge on any atom is 0.251 e. The Bertz CT molecular complexity index is 1120. The molecule has 1 aromatic heterocycles. The summed E-state index contributed by atoms with van der Waals surface area (Å²) in [5.74, 6) is 0.775. The van der Waals surface area contributed by atoms with Gasteiger partial charge in [-0.2, -0.15) is 0 Å². The van der Waals surface area contributed by atoms with Gasteiger partial charge in [-0.15, -0.1) is 0 Å². The second kappa shape index (κ2) is 9.05. The first-order chi connectivity index (χ1) is 14.2. The molecule has 0 aliphatic carbocycles. The Hall–Kier alpha value is -2.92. The lowest BCUT2D eigenvalue weighted by Crippen LogP contribution is -2.24. The van der Waals surface area contributed by atoms with Crippen LogP contribution in [0.1, 0.15) is 28.2 Å². The molecule has 0 radical (unpaired) electrons. The van der Waals surface area contributed by atoms with Crippen molar-refractivity contribution in [1.29, 1.82) is 0 Å². The van der Waals surface area contributed by atoms with Crippen LogP contribution in [-0.4, -0.2) is 15.5 Å². The molecule has 3 aromatic carbocycles. The van der Waals surface area contributed by atoms with E-state index >= 15 is 0 Å². The number of hydrogen-bond donors (Lipinski definition) is 1. The lowest BCUT2D eigenvalue weighted by molar-refractivity contribution is 0.0949. The summed E-state index contributed by atoms with van der Waals surface area (Å²) in [4.78, 5) is 17.3. The number of rotatable bonds is 7. The Morgan fingerprint density at radius 3 is 2.59 bits per heavy atom. The number of imidazole rings is 1. The van der Waals surface area contributed by atoms with Crippen LogP contribution in [0, 0.1) is 0 Å². The van der Waals surface area contributed by atoms with Crippen molar-refractivity contribution in [1.82, 2.24) is 14.9 Å². The van der Waals surface area contributed by atoms with E-state index in [4.69, 9.17) is 4.98 Å². The van der Waals surface area contributed by atoms with Gasteiger partial charge in [0.2, 0.25) is 0 Å². The third-order valence-corrected chi connectivity index (χ3v) is 5.41. The third-order valence-electron chi connectivity index (χ3n) is 4.92. The van der Waals surface area contributed by atoms with E-state index in [-0.39, 0.29) is 5.91 Å². The van der Waals surface area contributed by atoms with Crippen molar-refractivity contribution < 1.29 is 4.79 Å². The highest BCUT2D eigenvalue weighted by Crippen LogP contribution is 2.18. The molecule has 5 heteroatoms. The average Bonchev–Trinajstić information content (AvgIpc) is 3.10. The van der Waals surface area contributed by atoms with Crippen LogP contribution in [-0.2, 0) is 19.5 Å². The minimum absolute atomic E-state index is 0.103. The Morgan fingerprint density at radius 2 is 1.76 bits per heavy atom. The van der Waals surface area contributed by atoms with Crippen molar-refractivity contribution in [3.63, 3.8) is 0 Å². The van der Waals surface area contributed by atoms with Crippen LogP contribution in [0.15, 0.2) is 83.3 Å². The minimum Gasteiger partial charge on any atom is -0.345 e. The number of amides is 1. The topological polar surface area (TPSA) is 46.9 Å². The van der Waals surface area contributed by atoms with Crippen molar-refractivity contribution in [2.45, 2.75) is 25.9 Å². The van der Waals surface area contributed by atoms with Gasteiger partial charge in [-0.05, 0) is 48.7 Å². The number of halogens is 1. The molecule has 4 rings (SSSR count). The fourth-order valence-electron chi connectivity index (χ4n) is 3.49. The molecule has 1 heterocycles. The molecule has 1 N–H and O–H groups in total. The van der Waals surface area contributed by atoms with E-state index in [2.05, 4.69) is 56.1 Å². The van der Waals surface area contributed by atoms with Crippen LogP contribution in [0.5, 0.6) is 0 Å². The summed E-state index contributed by atoms with van der Waals surface area (Å²) < 4.78 is 3.11. The first-order valence-electron chi connectivity index (χ1n) is 9.72. The largest absolute Gasteiger partial charge is 0.345 e. The van der Waals surface area contributed by atoms with Gasteiger partial charge in [0.15, 0.2) is 0 Å². The molecule has 0 fully saturated rings. The molecule has 0 aliphatic heterocycles. The summed E-state index contributed by atoms with van der Waals surface area (Å²) in [6, 6.07) is 26.0. The summed E-state index contributed by atoms with van der Waals surface area (Å²) in [6.07, 6.45) is 2.02. The molecular formula is C24H22BrN3O. The minimum atomic E-state index is -0.103. The highest BCUT2D eigenvalue weighted by molar-refractivity contribution is 9.10. The average molecular weight is 448 g/mol. The van der Waals surface area contributed by atoms with E-state index in [0.29, 0.717) is 12.1 Å². The van der Waals surface area contributed by atoms with E-state index in [1.807, 2.05) is 48.5 Å². The number of carbonyl (C=O) groups excluding carboxylic acids is 1. The monoisotopic (exact) mass is 447 g/mol. The van der Waals surface area contributed by atoms with Crippen LogP contribution in [0.25, 0.3) is 11.0 Å². The standard InChI is InChI=1S/C24H22BrN3O/c25-20-12-6-11-19(16-20)24(29)26-17-23-27-21-13-4-5-14-22(21)28(23)15-7-10-18-8-2-1-3-9-18/h1-6,8-9,11-14,16H,7,10,15,17H2,(H,26,29). The molecule has 29 heavy (non-hydrogen) atoms. The quantitative estimate of drug-likeness (QED) is 0.414. The van der Waals surface area contributed by atoms with Crippen molar-refractivity contribution in [2.75, 3.05) is 0 Å². The van der Waals surface area contributed by atoms with Gasteiger partial charge in [0.25, 0.3) is 5.91 Å². The predicted octanol–water partition coefficient (Wildman–Crippen LogP) is 5.36. The van der Waals surface area contributed by atoms with Gasteiger partial charge in [0.05, 0.1) is 17.6 Å². The summed E-state index contributed by atoms with van der Waals surface area (Å²) in [5.41, 5.74) is 4.03. The smallest absolute Gasteiger partial charge is 0.251 e. The molecule has 0 aliphatic rings. The Kier molecular flexibility index (Phi) is 6.06. The van der Waals surface area contributed by atoms with Crippen LogP contribution in [0.2, 0.25) is 0 Å². The molecule has 0 bridgehead atoms. The number of nitrogens with zero attached hydrogens (tertiary/aromatic N) is 2. The Balaban J connectivity index is 1.49. The summed E-state index contributed by atoms with van der Waals surface area (Å²) in [5, 5.41) is 3.01. The first-order valence-corrected chi connectivity index (χ1v) is 10.5. The number of aromatic nitrogens is 2. The number of nitrogens with one attached hydrogen (secondary N) is 1. The number of para-hydroxylation sites is 2. The van der Waals surface area contributed by atoms with Gasteiger partial charge >= 0.3 is 0 Å². The van der Waals surface area contributed by atoms with E-state index in [1.165, 1.54) is 5.56 Å². The van der Waals surface area contributed by atoms with E-state index in [9.17, 15) is 4.79 Å². The number of benzene rings is 3. The fraction of sp³-hybridized carbons (Fsp3) is 0.167. The van der Waals surface area contributed by atoms with Crippen LogP contribution < -0.4 is 5.32 Å². The zero-order valence-corrected chi connectivity index (χ0v) is 17.6. The fourth-order valence-corrected chi connectivity index (χ4v) is 3.89. The number of fused-ring (bicyclic) bond motifs is 1. The predicted molar refractivity (Wildman–Crippen MR) is 120 cm³/mol. The lowest BCUT2D eigenvalue weighted by atomic mass is 10.1. The van der Waals surface area contributed by atoms with Gasteiger partial charge < -0.3 is 9.88 Å². The molecule has 0 saturated carbocycles. The maximum absolute atomic E-state index is 12.5. The van der Waals surface area contributed by atoms with Gasteiger partial charge in [-0.3, -0.25) is 4.79 Å². The molecule has 0 atom stereocenters. The lowest BCUT2D eigenvalue weighted by Gasteiger charge is -2.11.